The predicted molar refractivity (Wildman–Crippen MR) is 97.7 cm³/mol. The smallest absolute Gasteiger partial charge is 0.334 e. The molecule has 0 saturated heterocycles. The van der Waals surface area contributed by atoms with Gasteiger partial charge in [0, 0.05) is 57.3 Å². The summed E-state index contributed by atoms with van der Waals surface area (Å²) in [7, 11) is 7.48. The number of fused-ring (bicyclic) bond motifs is 1. The highest BCUT2D eigenvalue weighted by atomic mass is 16.7. The average Bonchev–Trinajstić information content (AvgIpc) is 2.78. The van der Waals surface area contributed by atoms with Gasteiger partial charge in [-0.05, 0) is 6.08 Å². The second-order valence-corrected chi connectivity index (χ2v) is 7.14. The number of hydrogen-bond acceptors (Lipinski definition) is 10. The molecule has 4 rings (SSSR count). The standard InChI is InChI=1S/C20H24O10/c1-25-17(23)9-7-11-15-13(14(9)16(22)19(11,27-3)28-4)10(18(24)26-2)8-12(21)20(15,29-5)30-6/h7-8,11,13-15H,1-6H3/t11-,13-,14+,15+/m0/s1. The van der Waals surface area contributed by atoms with Crippen LogP contribution in [0.15, 0.2) is 23.3 Å². The maximum absolute atomic E-state index is 13.5. The van der Waals surface area contributed by atoms with Crippen LogP contribution in [0.2, 0.25) is 0 Å². The third-order valence-corrected chi connectivity index (χ3v) is 6.37. The van der Waals surface area contributed by atoms with Gasteiger partial charge in [0.2, 0.25) is 23.1 Å². The first kappa shape index (κ1) is 22.3. The molecule has 10 nitrogen and oxygen atoms in total. The van der Waals surface area contributed by atoms with Crippen LogP contribution in [0.25, 0.3) is 0 Å². The normalized spacial score (nSPS) is 30.9. The minimum absolute atomic E-state index is 0.0451. The van der Waals surface area contributed by atoms with Crippen molar-refractivity contribution < 1.29 is 47.6 Å². The first-order valence-corrected chi connectivity index (χ1v) is 9.13. The second-order valence-electron chi connectivity index (χ2n) is 7.14. The van der Waals surface area contributed by atoms with Gasteiger partial charge in [-0.15, -0.1) is 0 Å². The Hall–Kier alpha value is -2.40. The van der Waals surface area contributed by atoms with Crippen molar-refractivity contribution in [3.8, 4) is 0 Å². The van der Waals surface area contributed by atoms with E-state index >= 15 is 0 Å². The quantitative estimate of drug-likeness (QED) is 0.418. The van der Waals surface area contributed by atoms with Crippen molar-refractivity contribution in [2.24, 2.45) is 23.7 Å². The molecule has 4 aliphatic carbocycles. The Kier molecular flexibility index (Phi) is 5.72. The van der Waals surface area contributed by atoms with Crippen molar-refractivity contribution in [2.45, 2.75) is 11.6 Å². The Labute approximate surface area is 173 Å². The molecule has 0 N–H and O–H groups in total. The number of carbonyl (C=O) groups excluding carboxylic acids is 4. The number of esters is 2. The van der Waals surface area contributed by atoms with E-state index in [2.05, 4.69) is 0 Å². The molecule has 2 bridgehead atoms. The Morgan fingerprint density at radius 2 is 1.30 bits per heavy atom. The van der Waals surface area contributed by atoms with Gasteiger partial charge < -0.3 is 28.4 Å². The Morgan fingerprint density at radius 3 is 1.77 bits per heavy atom. The van der Waals surface area contributed by atoms with Crippen LogP contribution in [0.3, 0.4) is 0 Å². The van der Waals surface area contributed by atoms with Gasteiger partial charge in [0.25, 0.3) is 0 Å². The van der Waals surface area contributed by atoms with Gasteiger partial charge in [0.15, 0.2) is 0 Å². The van der Waals surface area contributed by atoms with Crippen molar-refractivity contribution in [1.29, 1.82) is 0 Å². The zero-order chi connectivity index (χ0) is 22.4. The van der Waals surface area contributed by atoms with E-state index in [1.807, 2.05) is 0 Å². The molecule has 164 valence electrons. The van der Waals surface area contributed by atoms with E-state index in [9.17, 15) is 19.2 Å². The fourth-order valence-corrected chi connectivity index (χ4v) is 5.14. The van der Waals surface area contributed by atoms with Crippen LogP contribution in [0.1, 0.15) is 0 Å². The molecular weight excluding hydrogens is 400 g/mol. The molecule has 4 aliphatic rings. The van der Waals surface area contributed by atoms with Crippen LogP contribution in [0.4, 0.5) is 0 Å². The monoisotopic (exact) mass is 424 g/mol. The van der Waals surface area contributed by atoms with Crippen LogP contribution >= 0.6 is 0 Å². The molecule has 1 saturated carbocycles. The van der Waals surface area contributed by atoms with Crippen molar-refractivity contribution >= 4 is 23.5 Å². The molecule has 0 aromatic rings. The summed E-state index contributed by atoms with van der Waals surface area (Å²) in [5.41, 5.74) is -0.0142. The minimum atomic E-state index is -1.84. The third kappa shape index (κ3) is 2.57. The highest BCUT2D eigenvalue weighted by Gasteiger charge is 2.72. The van der Waals surface area contributed by atoms with Crippen LogP contribution in [0.5, 0.6) is 0 Å². The van der Waals surface area contributed by atoms with E-state index in [1.165, 1.54) is 41.6 Å². The fourth-order valence-electron chi connectivity index (χ4n) is 5.14. The fraction of sp³-hybridized carbons (Fsp3) is 0.600. The highest BCUT2D eigenvalue weighted by molar-refractivity contribution is 6.09. The molecule has 0 spiro atoms. The van der Waals surface area contributed by atoms with Gasteiger partial charge in [0.1, 0.15) is 0 Å². The predicted octanol–water partition coefficient (Wildman–Crippen LogP) is -0.193. The molecule has 30 heavy (non-hydrogen) atoms. The lowest BCUT2D eigenvalue weighted by Crippen LogP contribution is -2.72. The van der Waals surface area contributed by atoms with E-state index < -0.39 is 58.8 Å². The molecule has 10 heteroatoms. The van der Waals surface area contributed by atoms with Crippen molar-refractivity contribution in [2.75, 3.05) is 42.7 Å². The number of ketones is 2. The Morgan fingerprint density at radius 1 is 0.800 bits per heavy atom. The number of hydrogen-bond donors (Lipinski definition) is 0. The minimum Gasteiger partial charge on any atom is -0.466 e. The summed E-state index contributed by atoms with van der Waals surface area (Å²) in [5.74, 6) is -10.5. The largest absolute Gasteiger partial charge is 0.466 e. The van der Waals surface area contributed by atoms with E-state index in [0.717, 1.165) is 13.2 Å². The summed E-state index contributed by atoms with van der Waals surface area (Å²) < 4.78 is 31.7. The SMILES string of the molecule is COC(=O)C1=C[C@H]2[C@@H]3[C@@H](C(C(=O)OC)=CC(=O)C3(OC)OC)[C@@H]1C(=O)C2(OC)OC. The number of Topliss-reactive ketones (excluding diaryl/α,β-unsaturated/α-hetero) is 1. The number of carbonyl (C=O) groups is 4. The summed E-state index contributed by atoms with van der Waals surface area (Å²) >= 11 is 0. The first-order chi connectivity index (χ1) is 14.2. The molecule has 0 unspecified atom stereocenters. The molecule has 0 heterocycles. The van der Waals surface area contributed by atoms with Crippen LogP contribution in [-0.2, 0) is 47.6 Å². The molecule has 0 radical (unpaired) electrons. The van der Waals surface area contributed by atoms with Crippen molar-refractivity contribution in [3.05, 3.63) is 23.3 Å². The highest BCUT2D eigenvalue weighted by Crippen LogP contribution is 2.60. The van der Waals surface area contributed by atoms with Gasteiger partial charge in [0.05, 0.1) is 20.1 Å². The topological polar surface area (TPSA) is 124 Å². The molecule has 0 amide bonds. The summed E-state index contributed by atoms with van der Waals surface area (Å²) in [5, 5.41) is 0. The molecule has 0 aromatic carbocycles. The van der Waals surface area contributed by atoms with Crippen molar-refractivity contribution in [3.63, 3.8) is 0 Å². The van der Waals surface area contributed by atoms with Gasteiger partial charge in [-0.3, -0.25) is 9.59 Å². The zero-order valence-corrected chi connectivity index (χ0v) is 17.5. The number of methoxy groups -OCH3 is 6. The first-order valence-electron chi connectivity index (χ1n) is 9.13. The van der Waals surface area contributed by atoms with Crippen molar-refractivity contribution in [1.82, 2.24) is 0 Å². The summed E-state index contributed by atoms with van der Waals surface area (Å²) in [4.78, 5) is 51.6. The molecule has 0 aromatic heterocycles. The van der Waals surface area contributed by atoms with Gasteiger partial charge in [-0.1, -0.05) is 6.08 Å². The van der Waals surface area contributed by atoms with E-state index in [0.29, 0.717) is 0 Å². The van der Waals surface area contributed by atoms with Crippen LogP contribution in [-0.4, -0.2) is 77.7 Å². The molecule has 0 aliphatic heterocycles. The zero-order valence-electron chi connectivity index (χ0n) is 17.5. The van der Waals surface area contributed by atoms with E-state index in [-0.39, 0.29) is 11.1 Å². The van der Waals surface area contributed by atoms with E-state index in [1.54, 1.807) is 0 Å². The lowest BCUT2D eigenvalue weighted by atomic mass is 9.50. The van der Waals surface area contributed by atoms with Crippen LogP contribution in [0, 0.1) is 23.7 Å². The lowest BCUT2D eigenvalue weighted by Gasteiger charge is -2.58. The third-order valence-electron chi connectivity index (χ3n) is 6.37. The van der Waals surface area contributed by atoms with Crippen LogP contribution < -0.4 is 0 Å². The van der Waals surface area contributed by atoms with Gasteiger partial charge in [-0.25, -0.2) is 9.59 Å². The molecule has 4 atom stereocenters. The number of ether oxygens (including phenoxy) is 6. The Bertz CT molecular complexity index is 846. The molecule has 1 fully saturated rings. The van der Waals surface area contributed by atoms with Gasteiger partial charge in [-0.2, -0.15) is 0 Å². The maximum atomic E-state index is 13.5. The lowest BCUT2D eigenvalue weighted by molar-refractivity contribution is -0.297. The summed E-state index contributed by atoms with van der Waals surface area (Å²) in [6.45, 7) is 0. The summed E-state index contributed by atoms with van der Waals surface area (Å²) in [6, 6.07) is 0. The maximum Gasteiger partial charge on any atom is 0.334 e. The Balaban J connectivity index is 2.37. The number of rotatable bonds is 6. The van der Waals surface area contributed by atoms with Gasteiger partial charge >= 0.3 is 11.9 Å². The second kappa shape index (κ2) is 7.69. The molecular formula is C20H24O10. The average molecular weight is 424 g/mol. The summed E-state index contributed by atoms with van der Waals surface area (Å²) in [6.07, 6.45) is 2.52. The van der Waals surface area contributed by atoms with E-state index in [4.69, 9.17) is 28.4 Å².